The first-order valence-electron chi connectivity index (χ1n) is 4.41. The Balaban J connectivity index is 2.37. The number of hydrogen-bond donors (Lipinski definition) is 2. The molecule has 1 rings (SSSR count). The van der Waals surface area contributed by atoms with Gasteiger partial charge in [-0.05, 0) is 18.6 Å². The zero-order valence-corrected chi connectivity index (χ0v) is 9.49. The van der Waals surface area contributed by atoms with Crippen LogP contribution in [0, 0.1) is 0 Å². The normalized spacial score (nSPS) is 12.5. The molecule has 0 aromatic carbocycles. The molecule has 0 aliphatic heterocycles. The van der Waals surface area contributed by atoms with Gasteiger partial charge in [-0.2, -0.15) is 0 Å². The summed E-state index contributed by atoms with van der Waals surface area (Å²) in [5, 5.41) is 2.75. The Labute approximate surface area is 92.3 Å². The van der Waals surface area contributed by atoms with Gasteiger partial charge in [0.1, 0.15) is 0 Å². The molecule has 1 heterocycles. The molecule has 1 atom stereocenters. The first-order valence-corrected chi connectivity index (χ1v) is 5.60. The molecule has 0 unspecified atom stereocenters. The van der Waals surface area contributed by atoms with Gasteiger partial charge in [0.25, 0.3) is 0 Å². The summed E-state index contributed by atoms with van der Waals surface area (Å²) in [4.78, 5) is 12.3. The van der Waals surface area contributed by atoms with Gasteiger partial charge in [0, 0.05) is 4.88 Å². The van der Waals surface area contributed by atoms with Crippen molar-refractivity contribution in [3.8, 4) is 0 Å². The molecule has 0 saturated heterocycles. The summed E-state index contributed by atoms with van der Waals surface area (Å²) >= 11 is 7.21. The zero-order chi connectivity index (χ0) is 10.6. The van der Waals surface area contributed by atoms with E-state index in [0.717, 1.165) is 9.21 Å². The lowest BCUT2D eigenvalue weighted by Gasteiger charge is -2.08. The number of halogens is 1. The van der Waals surface area contributed by atoms with Gasteiger partial charge in [-0.15, -0.1) is 11.3 Å². The van der Waals surface area contributed by atoms with E-state index in [2.05, 4.69) is 5.32 Å². The van der Waals surface area contributed by atoms with E-state index in [1.807, 2.05) is 19.1 Å². The maximum atomic E-state index is 11.3. The SMILES string of the molecule is CC[C@H](N)C(=O)NCc1ccc(Cl)s1. The van der Waals surface area contributed by atoms with Crippen LogP contribution < -0.4 is 11.1 Å². The molecule has 0 aliphatic rings. The topological polar surface area (TPSA) is 55.1 Å². The van der Waals surface area contributed by atoms with Crippen molar-refractivity contribution in [3.05, 3.63) is 21.3 Å². The minimum Gasteiger partial charge on any atom is -0.350 e. The Hall–Kier alpha value is -0.580. The van der Waals surface area contributed by atoms with E-state index >= 15 is 0 Å². The van der Waals surface area contributed by atoms with Crippen molar-refractivity contribution in [1.82, 2.24) is 5.32 Å². The van der Waals surface area contributed by atoms with Crippen molar-refractivity contribution in [2.75, 3.05) is 0 Å². The van der Waals surface area contributed by atoms with Gasteiger partial charge >= 0.3 is 0 Å². The van der Waals surface area contributed by atoms with Crippen molar-refractivity contribution < 1.29 is 4.79 Å². The van der Waals surface area contributed by atoms with Crippen LogP contribution in [0.3, 0.4) is 0 Å². The molecule has 0 aliphatic carbocycles. The minimum atomic E-state index is -0.412. The monoisotopic (exact) mass is 232 g/mol. The second-order valence-corrected chi connectivity index (χ2v) is 4.74. The van der Waals surface area contributed by atoms with Crippen molar-refractivity contribution in [2.45, 2.75) is 25.9 Å². The molecule has 0 saturated carbocycles. The second kappa shape index (κ2) is 5.34. The summed E-state index contributed by atoms with van der Waals surface area (Å²) in [6, 6.07) is 3.29. The standard InChI is InChI=1S/C9H13ClN2OS/c1-2-7(11)9(13)12-5-6-3-4-8(10)14-6/h3-4,7H,2,5,11H2,1H3,(H,12,13)/t7-/m0/s1. The van der Waals surface area contributed by atoms with Crippen molar-refractivity contribution in [3.63, 3.8) is 0 Å². The fraction of sp³-hybridized carbons (Fsp3) is 0.444. The van der Waals surface area contributed by atoms with Gasteiger partial charge in [-0.25, -0.2) is 0 Å². The van der Waals surface area contributed by atoms with E-state index in [1.165, 1.54) is 11.3 Å². The minimum absolute atomic E-state index is 0.114. The summed E-state index contributed by atoms with van der Waals surface area (Å²) in [5.41, 5.74) is 5.55. The Morgan fingerprint density at radius 2 is 2.43 bits per heavy atom. The average Bonchev–Trinajstić information content (AvgIpc) is 2.59. The number of amides is 1. The van der Waals surface area contributed by atoms with Gasteiger partial charge in [0.2, 0.25) is 5.91 Å². The van der Waals surface area contributed by atoms with Crippen LogP contribution in [0.25, 0.3) is 0 Å². The molecule has 3 nitrogen and oxygen atoms in total. The molecule has 0 fully saturated rings. The Kier molecular flexibility index (Phi) is 4.38. The number of hydrogen-bond acceptors (Lipinski definition) is 3. The second-order valence-electron chi connectivity index (χ2n) is 2.94. The van der Waals surface area contributed by atoms with Crippen LogP contribution in [0.4, 0.5) is 0 Å². The number of nitrogens with two attached hydrogens (primary N) is 1. The molecular weight excluding hydrogens is 220 g/mol. The molecule has 3 N–H and O–H groups in total. The predicted octanol–water partition coefficient (Wildman–Crippen LogP) is 1.75. The van der Waals surface area contributed by atoms with E-state index in [1.54, 1.807) is 0 Å². The first kappa shape index (κ1) is 11.5. The maximum absolute atomic E-state index is 11.3. The molecule has 78 valence electrons. The van der Waals surface area contributed by atoms with Crippen molar-refractivity contribution in [1.29, 1.82) is 0 Å². The highest BCUT2D eigenvalue weighted by Gasteiger charge is 2.10. The largest absolute Gasteiger partial charge is 0.350 e. The number of carbonyl (C=O) groups is 1. The Morgan fingerprint density at radius 1 is 1.71 bits per heavy atom. The molecule has 14 heavy (non-hydrogen) atoms. The maximum Gasteiger partial charge on any atom is 0.237 e. The van der Waals surface area contributed by atoms with Crippen LogP contribution in [0.2, 0.25) is 4.34 Å². The van der Waals surface area contributed by atoms with E-state index in [4.69, 9.17) is 17.3 Å². The molecule has 0 radical (unpaired) electrons. The fourth-order valence-electron chi connectivity index (χ4n) is 0.937. The number of thiophene rings is 1. The van der Waals surface area contributed by atoms with Gasteiger partial charge < -0.3 is 11.1 Å². The van der Waals surface area contributed by atoms with Crippen LogP contribution in [0.15, 0.2) is 12.1 Å². The van der Waals surface area contributed by atoms with Gasteiger partial charge in [-0.3, -0.25) is 4.79 Å². The predicted molar refractivity (Wildman–Crippen MR) is 59.4 cm³/mol. The highest BCUT2D eigenvalue weighted by atomic mass is 35.5. The molecule has 1 aromatic rings. The van der Waals surface area contributed by atoms with Gasteiger partial charge in [0.05, 0.1) is 16.9 Å². The quantitative estimate of drug-likeness (QED) is 0.831. The Bertz CT molecular complexity index is 314. The smallest absolute Gasteiger partial charge is 0.237 e. The summed E-state index contributed by atoms with van der Waals surface area (Å²) in [6.45, 7) is 2.39. The third-order valence-electron chi connectivity index (χ3n) is 1.84. The zero-order valence-electron chi connectivity index (χ0n) is 7.92. The van der Waals surface area contributed by atoms with Gasteiger partial charge in [-0.1, -0.05) is 18.5 Å². The summed E-state index contributed by atoms with van der Waals surface area (Å²) in [6.07, 6.45) is 0.650. The lowest BCUT2D eigenvalue weighted by Crippen LogP contribution is -2.39. The molecule has 5 heteroatoms. The van der Waals surface area contributed by atoms with E-state index in [9.17, 15) is 4.79 Å². The Morgan fingerprint density at radius 3 is 2.93 bits per heavy atom. The number of carbonyl (C=O) groups excluding carboxylic acids is 1. The van der Waals surface area contributed by atoms with E-state index < -0.39 is 6.04 Å². The van der Waals surface area contributed by atoms with Gasteiger partial charge in [0.15, 0.2) is 0 Å². The van der Waals surface area contributed by atoms with Crippen molar-refractivity contribution >= 4 is 28.8 Å². The molecule has 0 bridgehead atoms. The third kappa shape index (κ3) is 3.29. The fourth-order valence-corrected chi connectivity index (χ4v) is 1.96. The lowest BCUT2D eigenvalue weighted by atomic mass is 10.2. The number of rotatable bonds is 4. The third-order valence-corrected chi connectivity index (χ3v) is 3.07. The van der Waals surface area contributed by atoms with Crippen LogP contribution in [0.1, 0.15) is 18.2 Å². The number of nitrogens with one attached hydrogen (secondary N) is 1. The first-order chi connectivity index (χ1) is 6.63. The average molecular weight is 233 g/mol. The van der Waals surface area contributed by atoms with Crippen LogP contribution in [-0.2, 0) is 11.3 Å². The highest BCUT2D eigenvalue weighted by molar-refractivity contribution is 7.16. The van der Waals surface area contributed by atoms with E-state index in [-0.39, 0.29) is 5.91 Å². The van der Waals surface area contributed by atoms with Crippen LogP contribution in [0.5, 0.6) is 0 Å². The lowest BCUT2D eigenvalue weighted by molar-refractivity contribution is -0.122. The van der Waals surface area contributed by atoms with E-state index in [0.29, 0.717) is 13.0 Å². The highest BCUT2D eigenvalue weighted by Crippen LogP contribution is 2.20. The van der Waals surface area contributed by atoms with Crippen LogP contribution >= 0.6 is 22.9 Å². The van der Waals surface area contributed by atoms with Crippen molar-refractivity contribution in [2.24, 2.45) is 5.73 Å². The molecular formula is C9H13ClN2OS. The molecule has 1 aromatic heterocycles. The summed E-state index contributed by atoms with van der Waals surface area (Å²) < 4.78 is 0.731. The van der Waals surface area contributed by atoms with Crippen LogP contribution in [-0.4, -0.2) is 11.9 Å². The molecule has 0 spiro atoms. The molecule has 1 amide bonds. The summed E-state index contributed by atoms with van der Waals surface area (Å²) in [5.74, 6) is -0.114. The summed E-state index contributed by atoms with van der Waals surface area (Å²) in [7, 11) is 0.